The van der Waals surface area contributed by atoms with Crippen LogP contribution in [0.15, 0.2) is 67.0 Å². The van der Waals surface area contributed by atoms with Gasteiger partial charge in [-0.3, -0.25) is 4.98 Å². The van der Waals surface area contributed by atoms with Gasteiger partial charge in [0.2, 0.25) is 0 Å². The molecule has 0 amide bonds. The average Bonchev–Trinajstić information content (AvgIpc) is 2.56. The van der Waals surface area contributed by atoms with Gasteiger partial charge in [0.15, 0.2) is 0 Å². The Morgan fingerprint density at radius 1 is 1.00 bits per heavy atom. The number of nitrogens with zero attached hydrogens (tertiary/aromatic N) is 1. The molecule has 0 radical (unpaired) electrons. The van der Waals surface area contributed by atoms with Crippen LogP contribution in [-0.2, 0) is 0 Å². The molecule has 0 aliphatic rings. The fourth-order valence-electron chi connectivity index (χ4n) is 2.73. The predicted molar refractivity (Wildman–Crippen MR) is 88.3 cm³/mol. The minimum absolute atomic E-state index is 0.207. The Kier molecular flexibility index (Phi) is 4.27. The number of hydrogen-bond donors (Lipinski definition) is 1. The van der Waals surface area contributed by atoms with E-state index in [4.69, 9.17) is 0 Å². The second-order valence-electron chi connectivity index (χ2n) is 5.24. The zero-order chi connectivity index (χ0) is 14.5. The number of nitrogens with one attached hydrogen (secondary N) is 1. The van der Waals surface area contributed by atoms with E-state index >= 15 is 0 Å². The summed E-state index contributed by atoms with van der Waals surface area (Å²) in [4.78, 5) is 4.30. The first-order valence-electron chi connectivity index (χ1n) is 7.51. The van der Waals surface area contributed by atoms with E-state index in [0.29, 0.717) is 0 Å². The minimum Gasteiger partial charge on any atom is -0.306 e. The van der Waals surface area contributed by atoms with E-state index < -0.39 is 0 Å². The quantitative estimate of drug-likeness (QED) is 0.750. The molecule has 3 aromatic rings. The molecule has 0 spiro atoms. The molecule has 3 rings (SSSR count). The molecule has 2 aromatic carbocycles. The van der Waals surface area contributed by atoms with E-state index in [1.807, 2.05) is 12.4 Å². The molecule has 2 heteroatoms. The number of pyridine rings is 1. The second-order valence-corrected chi connectivity index (χ2v) is 5.24. The third-order valence-electron chi connectivity index (χ3n) is 3.76. The van der Waals surface area contributed by atoms with Crippen molar-refractivity contribution in [2.75, 3.05) is 6.54 Å². The van der Waals surface area contributed by atoms with Crippen LogP contribution >= 0.6 is 0 Å². The van der Waals surface area contributed by atoms with Crippen LogP contribution in [0.3, 0.4) is 0 Å². The maximum atomic E-state index is 4.30. The highest BCUT2D eigenvalue weighted by molar-refractivity contribution is 5.85. The van der Waals surface area contributed by atoms with E-state index in [9.17, 15) is 0 Å². The number of rotatable bonds is 5. The third kappa shape index (κ3) is 2.96. The molecule has 1 atom stereocenters. The molecule has 0 saturated carbocycles. The van der Waals surface area contributed by atoms with Gasteiger partial charge in [-0.2, -0.15) is 0 Å². The van der Waals surface area contributed by atoms with Gasteiger partial charge in [-0.25, -0.2) is 0 Å². The summed E-state index contributed by atoms with van der Waals surface area (Å²) in [6, 6.07) is 19.4. The summed E-state index contributed by atoms with van der Waals surface area (Å²) < 4.78 is 0. The van der Waals surface area contributed by atoms with Gasteiger partial charge in [0.25, 0.3) is 0 Å². The van der Waals surface area contributed by atoms with Crippen LogP contribution in [0.5, 0.6) is 0 Å². The van der Waals surface area contributed by atoms with Gasteiger partial charge in [-0.15, -0.1) is 0 Å². The molecule has 0 aliphatic carbocycles. The highest BCUT2D eigenvalue weighted by Gasteiger charge is 2.15. The molecule has 21 heavy (non-hydrogen) atoms. The predicted octanol–water partition coefficient (Wildman–Crippen LogP) is 4.32. The SMILES string of the molecule is CCCNC(c1ccccc1)c1cccc2ccncc12. The van der Waals surface area contributed by atoms with E-state index in [1.54, 1.807) is 0 Å². The Morgan fingerprint density at radius 3 is 2.67 bits per heavy atom. The molecule has 0 aliphatic heterocycles. The maximum Gasteiger partial charge on any atom is 0.0583 e. The summed E-state index contributed by atoms with van der Waals surface area (Å²) in [5.41, 5.74) is 2.59. The molecule has 0 fully saturated rings. The van der Waals surface area contributed by atoms with Crippen molar-refractivity contribution in [3.05, 3.63) is 78.1 Å². The second kappa shape index (κ2) is 6.51. The van der Waals surface area contributed by atoms with E-state index in [-0.39, 0.29) is 6.04 Å². The van der Waals surface area contributed by atoms with Gasteiger partial charge in [-0.1, -0.05) is 55.5 Å². The van der Waals surface area contributed by atoms with Crippen LogP contribution in [-0.4, -0.2) is 11.5 Å². The Hall–Kier alpha value is -2.19. The molecule has 0 saturated heterocycles. The van der Waals surface area contributed by atoms with Crippen LogP contribution in [0.4, 0.5) is 0 Å². The first-order valence-corrected chi connectivity index (χ1v) is 7.51. The molecular formula is C19H20N2. The van der Waals surface area contributed by atoms with Crippen molar-refractivity contribution in [1.82, 2.24) is 10.3 Å². The van der Waals surface area contributed by atoms with Gasteiger partial charge in [0.1, 0.15) is 0 Å². The average molecular weight is 276 g/mol. The summed E-state index contributed by atoms with van der Waals surface area (Å²) in [7, 11) is 0. The largest absolute Gasteiger partial charge is 0.306 e. The molecular weight excluding hydrogens is 256 g/mol. The normalized spacial score (nSPS) is 12.4. The van der Waals surface area contributed by atoms with E-state index in [2.05, 4.69) is 71.8 Å². The van der Waals surface area contributed by atoms with Crippen molar-refractivity contribution >= 4 is 10.8 Å². The van der Waals surface area contributed by atoms with Crippen LogP contribution < -0.4 is 5.32 Å². The standard InChI is InChI=1S/C19H20N2/c1-2-12-21-19(16-7-4-3-5-8-16)17-10-6-9-15-11-13-20-14-18(15)17/h3-11,13-14,19,21H,2,12H2,1H3. The summed E-state index contributed by atoms with van der Waals surface area (Å²) >= 11 is 0. The van der Waals surface area contributed by atoms with Crippen molar-refractivity contribution in [3.8, 4) is 0 Å². The number of aromatic nitrogens is 1. The first-order chi connectivity index (χ1) is 10.4. The summed E-state index contributed by atoms with van der Waals surface area (Å²) in [5.74, 6) is 0. The van der Waals surface area contributed by atoms with Crippen molar-refractivity contribution in [1.29, 1.82) is 0 Å². The lowest BCUT2D eigenvalue weighted by Gasteiger charge is -2.21. The molecule has 2 nitrogen and oxygen atoms in total. The molecule has 1 unspecified atom stereocenters. The monoisotopic (exact) mass is 276 g/mol. The van der Waals surface area contributed by atoms with E-state index in [0.717, 1.165) is 13.0 Å². The third-order valence-corrected chi connectivity index (χ3v) is 3.76. The van der Waals surface area contributed by atoms with Gasteiger partial charge in [-0.05, 0) is 35.5 Å². The van der Waals surface area contributed by atoms with Crippen molar-refractivity contribution < 1.29 is 0 Å². The lowest BCUT2D eigenvalue weighted by Crippen LogP contribution is -2.23. The van der Waals surface area contributed by atoms with Crippen LogP contribution in [0.2, 0.25) is 0 Å². The highest BCUT2D eigenvalue weighted by atomic mass is 14.9. The fourth-order valence-corrected chi connectivity index (χ4v) is 2.73. The lowest BCUT2D eigenvalue weighted by atomic mass is 9.94. The minimum atomic E-state index is 0.207. The number of fused-ring (bicyclic) bond motifs is 1. The van der Waals surface area contributed by atoms with Gasteiger partial charge >= 0.3 is 0 Å². The molecule has 106 valence electrons. The van der Waals surface area contributed by atoms with Gasteiger partial charge in [0, 0.05) is 17.8 Å². The molecule has 1 heterocycles. The van der Waals surface area contributed by atoms with E-state index in [1.165, 1.54) is 21.9 Å². The summed E-state index contributed by atoms with van der Waals surface area (Å²) in [5, 5.41) is 6.12. The molecule has 1 N–H and O–H groups in total. The smallest absolute Gasteiger partial charge is 0.0583 e. The Bertz CT molecular complexity index is 702. The van der Waals surface area contributed by atoms with Crippen molar-refractivity contribution in [2.45, 2.75) is 19.4 Å². The van der Waals surface area contributed by atoms with Crippen LogP contribution in [0.1, 0.15) is 30.5 Å². The van der Waals surface area contributed by atoms with Gasteiger partial charge < -0.3 is 5.32 Å². The number of hydrogen-bond acceptors (Lipinski definition) is 2. The Labute approximate surface area is 125 Å². The Morgan fingerprint density at radius 2 is 1.86 bits per heavy atom. The zero-order valence-corrected chi connectivity index (χ0v) is 12.3. The van der Waals surface area contributed by atoms with Crippen LogP contribution in [0.25, 0.3) is 10.8 Å². The van der Waals surface area contributed by atoms with Crippen molar-refractivity contribution in [2.24, 2.45) is 0 Å². The molecule has 0 bridgehead atoms. The molecule has 1 aromatic heterocycles. The summed E-state index contributed by atoms with van der Waals surface area (Å²) in [6.07, 6.45) is 4.93. The van der Waals surface area contributed by atoms with Crippen molar-refractivity contribution in [3.63, 3.8) is 0 Å². The maximum absolute atomic E-state index is 4.30. The zero-order valence-electron chi connectivity index (χ0n) is 12.3. The summed E-state index contributed by atoms with van der Waals surface area (Å²) in [6.45, 7) is 3.19. The Balaban J connectivity index is 2.10. The van der Waals surface area contributed by atoms with Gasteiger partial charge in [0.05, 0.1) is 6.04 Å². The van der Waals surface area contributed by atoms with Crippen LogP contribution in [0, 0.1) is 0 Å². The topological polar surface area (TPSA) is 24.9 Å². The number of benzene rings is 2. The first kappa shape index (κ1) is 13.8. The fraction of sp³-hybridized carbons (Fsp3) is 0.211. The lowest BCUT2D eigenvalue weighted by molar-refractivity contribution is 0.601. The highest BCUT2D eigenvalue weighted by Crippen LogP contribution is 2.28.